The van der Waals surface area contributed by atoms with Gasteiger partial charge in [-0.25, -0.2) is 0 Å². The highest BCUT2D eigenvalue weighted by atomic mass is 16.6. The van der Waals surface area contributed by atoms with Gasteiger partial charge in [0.05, 0.1) is 25.4 Å². The van der Waals surface area contributed by atoms with E-state index >= 15 is 0 Å². The van der Waals surface area contributed by atoms with E-state index in [1.54, 1.807) is 6.20 Å². The van der Waals surface area contributed by atoms with Gasteiger partial charge in [-0.1, -0.05) is 60.7 Å². The van der Waals surface area contributed by atoms with Crippen LogP contribution in [0.3, 0.4) is 0 Å². The predicted octanol–water partition coefficient (Wildman–Crippen LogP) is 5.00. The SMILES string of the molecule is O=CCC[C@@H]1[C@@H](OCc2ccc(-c3ccccc3)cc2)CO[C@@H]1c1cccnc1. The first kappa shape index (κ1) is 19.5. The Balaban J connectivity index is 1.41. The molecule has 0 amide bonds. The summed E-state index contributed by atoms with van der Waals surface area (Å²) in [6.45, 7) is 1.06. The van der Waals surface area contributed by atoms with E-state index in [0.717, 1.165) is 23.8 Å². The number of rotatable bonds is 8. The smallest absolute Gasteiger partial charge is 0.120 e. The number of aldehydes is 1. The average Bonchev–Trinajstić information content (AvgIpc) is 3.20. The molecule has 0 N–H and O–H groups in total. The van der Waals surface area contributed by atoms with E-state index in [-0.39, 0.29) is 18.1 Å². The number of nitrogens with zero attached hydrogens (tertiary/aromatic N) is 1. The Bertz CT molecular complexity index is 896. The molecule has 2 heterocycles. The van der Waals surface area contributed by atoms with E-state index in [0.29, 0.717) is 19.6 Å². The molecule has 3 atom stereocenters. The molecular formula is C25H25NO3. The summed E-state index contributed by atoms with van der Waals surface area (Å²) in [6.07, 6.45) is 5.72. The first-order chi connectivity index (χ1) is 14.3. The van der Waals surface area contributed by atoms with Crippen molar-refractivity contribution in [3.05, 3.63) is 90.3 Å². The molecule has 4 rings (SSSR count). The standard InChI is InChI=1S/C25H25NO3/c27-15-5-9-23-24(18-29-25(23)22-8-4-14-26-16-22)28-17-19-10-12-21(13-11-19)20-6-2-1-3-7-20/h1-4,6-8,10-16,23-25H,5,9,17-18H2/t23-,24+,25-/m1/s1. The highest BCUT2D eigenvalue weighted by Gasteiger charge is 2.38. The Morgan fingerprint density at radius 3 is 2.52 bits per heavy atom. The largest absolute Gasteiger partial charge is 0.371 e. The van der Waals surface area contributed by atoms with Crippen LogP contribution < -0.4 is 0 Å². The summed E-state index contributed by atoms with van der Waals surface area (Å²) in [5.41, 5.74) is 4.57. The van der Waals surface area contributed by atoms with Crippen LogP contribution in [-0.2, 0) is 20.9 Å². The van der Waals surface area contributed by atoms with Gasteiger partial charge in [-0.05, 0) is 34.7 Å². The molecule has 1 aliphatic heterocycles. The average molecular weight is 387 g/mol. The number of hydrogen-bond acceptors (Lipinski definition) is 4. The quantitative estimate of drug-likeness (QED) is 0.510. The molecule has 3 aromatic rings. The lowest BCUT2D eigenvalue weighted by Crippen LogP contribution is -2.24. The van der Waals surface area contributed by atoms with Crippen molar-refractivity contribution in [2.75, 3.05) is 6.61 Å². The molecule has 0 bridgehead atoms. The number of pyridine rings is 1. The van der Waals surface area contributed by atoms with Gasteiger partial charge in [-0.2, -0.15) is 0 Å². The molecule has 1 aromatic heterocycles. The minimum atomic E-state index is -0.0749. The Kier molecular flexibility index (Phi) is 6.45. The molecule has 2 aromatic carbocycles. The van der Waals surface area contributed by atoms with Crippen molar-refractivity contribution < 1.29 is 14.3 Å². The fourth-order valence-corrected chi connectivity index (χ4v) is 3.93. The van der Waals surface area contributed by atoms with Crippen molar-refractivity contribution in [2.45, 2.75) is 31.7 Å². The van der Waals surface area contributed by atoms with Gasteiger partial charge in [0.25, 0.3) is 0 Å². The summed E-state index contributed by atoms with van der Waals surface area (Å²) in [6, 6.07) is 22.7. The van der Waals surface area contributed by atoms with Gasteiger partial charge >= 0.3 is 0 Å². The van der Waals surface area contributed by atoms with Crippen LogP contribution in [0.2, 0.25) is 0 Å². The van der Waals surface area contributed by atoms with Crippen LogP contribution in [0.4, 0.5) is 0 Å². The first-order valence-corrected chi connectivity index (χ1v) is 10.1. The van der Waals surface area contributed by atoms with Gasteiger partial charge in [0.2, 0.25) is 0 Å². The molecule has 148 valence electrons. The van der Waals surface area contributed by atoms with Gasteiger partial charge in [-0.15, -0.1) is 0 Å². The van der Waals surface area contributed by atoms with Gasteiger partial charge in [0, 0.05) is 24.7 Å². The summed E-state index contributed by atoms with van der Waals surface area (Å²) in [7, 11) is 0. The second-order valence-corrected chi connectivity index (χ2v) is 7.36. The van der Waals surface area contributed by atoms with Gasteiger partial charge < -0.3 is 14.3 Å². The highest BCUT2D eigenvalue weighted by molar-refractivity contribution is 5.63. The minimum absolute atomic E-state index is 0.0334. The van der Waals surface area contributed by atoms with Crippen molar-refractivity contribution in [3.8, 4) is 11.1 Å². The lowest BCUT2D eigenvalue weighted by molar-refractivity contribution is -0.108. The van der Waals surface area contributed by atoms with Gasteiger partial charge in [-0.3, -0.25) is 4.98 Å². The lowest BCUT2D eigenvalue weighted by Gasteiger charge is -2.22. The van der Waals surface area contributed by atoms with Crippen molar-refractivity contribution in [2.24, 2.45) is 5.92 Å². The Morgan fingerprint density at radius 2 is 1.79 bits per heavy atom. The molecule has 1 saturated heterocycles. The van der Waals surface area contributed by atoms with Crippen LogP contribution in [0.5, 0.6) is 0 Å². The summed E-state index contributed by atoms with van der Waals surface area (Å²) >= 11 is 0. The van der Waals surface area contributed by atoms with Crippen LogP contribution in [0.25, 0.3) is 11.1 Å². The summed E-state index contributed by atoms with van der Waals surface area (Å²) < 4.78 is 12.3. The van der Waals surface area contributed by atoms with Crippen molar-refractivity contribution in [3.63, 3.8) is 0 Å². The number of benzene rings is 2. The molecule has 4 heteroatoms. The van der Waals surface area contributed by atoms with E-state index in [1.165, 1.54) is 11.1 Å². The zero-order valence-corrected chi connectivity index (χ0v) is 16.3. The lowest BCUT2D eigenvalue weighted by atomic mass is 9.90. The van der Waals surface area contributed by atoms with Crippen LogP contribution in [0.15, 0.2) is 79.1 Å². The third-order valence-electron chi connectivity index (χ3n) is 5.46. The summed E-state index contributed by atoms with van der Waals surface area (Å²) in [4.78, 5) is 15.2. The number of carbonyl (C=O) groups is 1. The molecule has 1 aliphatic rings. The topological polar surface area (TPSA) is 48.4 Å². The van der Waals surface area contributed by atoms with Gasteiger partial charge in [0.15, 0.2) is 0 Å². The monoisotopic (exact) mass is 387 g/mol. The van der Waals surface area contributed by atoms with Crippen molar-refractivity contribution in [1.29, 1.82) is 0 Å². The maximum atomic E-state index is 10.9. The Hall–Kier alpha value is -2.82. The summed E-state index contributed by atoms with van der Waals surface area (Å²) in [5, 5.41) is 0. The predicted molar refractivity (Wildman–Crippen MR) is 112 cm³/mol. The van der Waals surface area contributed by atoms with Crippen LogP contribution >= 0.6 is 0 Å². The second kappa shape index (κ2) is 9.59. The Labute approximate surface area is 171 Å². The van der Waals surface area contributed by atoms with Crippen LogP contribution in [-0.4, -0.2) is 24.0 Å². The Morgan fingerprint density at radius 1 is 1.00 bits per heavy atom. The maximum absolute atomic E-state index is 10.9. The fraction of sp³-hybridized carbons (Fsp3) is 0.280. The first-order valence-electron chi connectivity index (χ1n) is 10.1. The highest BCUT2D eigenvalue weighted by Crippen LogP contribution is 2.39. The molecule has 0 radical (unpaired) electrons. The van der Waals surface area contributed by atoms with Gasteiger partial charge in [0.1, 0.15) is 6.29 Å². The second-order valence-electron chi connectivity index (χ2n) is 7.36. The zero-order valence-electron chi connectivity index (χ0n) is 16.3. The third-order valence-corrected chi connectivity index (χ3v) is 5.46. The number of carbonyl (C=O) groups excluding carboxylic acids is 1. The number of ether oxygens (including phenoxy) is 2. The maximum Gasteiger partial charge on any atom is 0.120 e. The van der Waals surface area contributed by atoms with E-state index < -0.39 is 0 Å². The van der Waals surface area contributed by atoms with Crippen molar-refractivity contribution in [1.82, 2.24) is 4.98 Å². The third kappa shape index (κ3) is 4.78. The molecule has 0 spiro atoms. The molecule has 0 aliphatic carbocycles. The minimum Gasteiger partial charge on any atom is -0.371 e. The molecule has 1 fully saturated rings. The van der Waals surface area contributed by atoms with Crippen molar-refractivity contribution >= 4 is 6.29 Å². The number of aromatic nitrogens is 1. The molecule has 29 heavy (non-hydrogen) atoms. The van der Waals surface area contributed by atoms with E-state index in [2.05, 4.69) is 41.4 Å². The molecule has 0 saturated carbocycles. The normalized spacial score (nSPS) is 21.2. The number of hydrogen-bond donors (Lipinski definition) is 0. The molecule has 4 nitrogen and oxygen atoms in total. The van der Waals surface area contributed by atoms with Crippen LogP contribution in [0, 0.1) is 5.92 Å². The van der Waals surface area contributed by atoms with Crippen LogP contribution in [0.1, 0.15) is 30.1 Å². The molecule has 0 unspecified atom stereocenters. The van der Waals surface area contributed by atoms with E-state index in [9.17, 15) is 4.79 Å². The fourth-order valence-electron chi connectivity index (χ4n) is 3.93. The van der Waals surface area contributed by atoms with E-state index in [4.69, 9.17) is 9.47 Å². The zero-order chi connectivity index (χ0) is 19.9. The molecular weight excluding hydrogens is 362 g/mol. The summed E-state index contributed by atoms with van der Waals surface area (Å²) in [5.74, 6) is 0.146. The van der Waals surface area contributed by atoms with E-state index in [1.807, 2.05) is 36.5 Å².